The van der Waals surface area contributed by atoms with Crippen LogP contribution in [0.5, 0.6) is 0 Å². The summed E-state index contributed by atoms with van der Waals surface area (Å²) in [6.45, 7) is 3.69. The van der Waals surface area contributed by atoms with Crippen molar-refractivity contribution in [2.45, 2.75) is 31.9 Å². The molecule has 100 valence electrons. The normalized spacial score (nSPS) is 26.2. The Balaban J connectivity index is 2.51. The fourth-order valence-corrected chi connectivity index (χ4v) is 2.83. The van der Waals surface area contributed by atoms with Crippen LogP contribution in [0.2, 0.25) is 5.02 Å². The van der Waals surface area contributed by atoms with Crippen molar-refractivity contribution in [3.63, 3.8) is 0 Å². The van der Waals surface area contributed by atoms with Crippen LogP contribution >= 0.6 is 11.6 Å². The lowest BCUT2D eigenvalue weighted by Gasteiger charge is -2.20. The monoisotopic (exact) mass is 278 g/mol. The van der Waals surface area contributed by atoms with Gasteiger partial charge in [-0.2, -0.15) is 13.2 Å². The molecule has 0 saturated heterocycles. The van der Waals surface area contributed by atoms with Gasteiger partial charge in [-0.25, -0.2) is 0 Å². The molecule has 1 unspecified atom stereocenters. The molecule has 1 aliphatic rings. The average Bonchev–Trinajstić information content (AvgIpc) is 2.80. The predicted molar refractivity (Wildman–Crippen MR) is 63.6 cm³/mol. The quantitative estimate of drug-likeness (QED) is 0.866. The molecule has 1 nitrogen and oxygen atoms in total. The maximum absolute atomic E-state index is 12.7. The number of halogens is 4. The summed E-state index contributed by atoms with van der Waals surface area (Å²) in [5.74, 6) is 0. The number of alkyl halides is 3. The molecule has 1 aromatic rings. The summed E-state index contributed by atoms with van der Waals surface area (Å²) in [7, 11) is 0. The largest absolute Gasteiger partial charge is 0.416 e. The van der Waals surface area contributed by atoms with Gasteiger partial charge >= 0.3 is 6.18 Å². The Kier molecular flexibility index (Phi) is 2.95. The van der Waals surface area contributed by atoms with Gasteiger partial charge in [0.2, 0.25) is 0 Å². The van der Waals surface area contributed by atoms with E-state index in [4.69, 9.17) is 11.6 Å². The first-order valence-electron chi connectivity index (χ1n) is 5.61. The zero-order chi connectivity index (χ0) is 13.8. The van der Waals surface area contributed by atoms with Crippen LogP contribution < -0.4 is 0 Å². The van der Waals surface area contributed by atoms with E-state index in [-0.39, 0.29) is 17.0 Å². The van der Waals surface area contributed by atoms with E-state index in [0.717, 1.165) is 12.1 Å². The van der Waals surface area contributed by atoms with E-state index in [1.807, 2.05) is 13.8 Å². The lowest BCUT2D eigenvalue weighted by molar-refractivity contribution is -0.137. The molecule has 0 heterocycles. The van der Waals surface area contributed by atoms with Gasteiger partial charge in [-0.15, -0.1) is 0 Å². The molecule has 5 heteroatoms. The van der Waals surface area contributed by atoms with Crippen molar-refractivity contribution in [2.24, 2.45) is 5.41 Å². The standard InChI is InChI=1S/C13H14ClF3O/c1-11(2)6-12(11,7-18)8-3-9(13(15,16)17)5-10(14)4-8/h3-5,18H,6-7H2,1-2H3. The number of rotatable bonds is 2. The van der Waals surface area contributed by atoms with Crippen LogP contribution in [0, 0.1) is 5.41 Å². The van der Waals surface area contributed by atoms with Gasteiger partial charge in [0.25, 0.3) is 0 Å². The molecule has 0 amide bonds. The van der Waals surface area contributed by atoms with Crippen LogP contribution in [0.15, 0.2) is 18.2 Å². The fraction of sp³-hybridized carbons (Fsp3) is 0.538. The number of hydrogen-bond donors (Lipinski definition) is 1. The van der Waals surface area contributed by atoms with Crippen molar-refractivity contribution in [1.82, 2.24) is 0 Å². The minimum atomic E-state index is -4.42. The highest BCUT2D eigenvalue weighted by Crippen LogP contribution is 2.64. The number of aliphatic hydroxyl groups is 1. The van der Waals surface area contributed by atoms with Crippen molar-refractivity contribution < 1.29 is 18.3 Å². The van der Waals surface area contributed by atoms with E-state index in [2.05, 4.69) is 0 Å². The molecular weight excluding hydrogens is 265 g/mol. The van der Waals surface area contributed by atoms with Crippen molar-refractivity contribution >= 4 is 11.6 Å². The Morgan fingerprint density at radius 1 is 1.28 bits per heavy atom. The lowest BCUT2D eigenvalue weighted by atomic mass is 9.88. The predicted octanol–water partition coefficient (Wildman–Crippen LogP) is 4.02. The van der Waals surface area contributed by atoms with Gasteiger partial charge in [0, 0.05) is 10.4 Å². The maximum Gasteiger partial charge on any atom is 0.416 e. The number of hydrogen-bond acceptors (Lipinski definition) is 1. The fourth-order valence-electron chi connectivity index (χ4n) is 2.59. The summed E-state index contributed by atoms with van der Waals surface area (Å²) in [5, 5.41) is 9.56. The first-order chi connectivity index (χ1) is 8.12. The van der Waals surface area contributed by atoms with Crippen LogP contribution in [-0.4, -0.2) is 11.7 Å². The molecule has 1 fully saturated rings. The third-order valence-corrected chi connectivity index (χ3v) is 4.18. The minimum Gasteiger partial charge on any atom is -0.395 e. The molecular formula is C13H14ClF3O. The highest BCUT2D eigenvalue weighted by Gasteiger charge is 2.61. The molecule has 0 spiro atoms. The van der Waals surface area contributed by atoms with Gasteiger partial charge in [-0.05, 0) is 35.6 Å². The molecule has 0 radical (unpaired) electrons. The summed E-state index contributed by atoms with van der Waals surface area (Å²) >= 11 is 5.76. The van der Waals surface area contributed by atoms with E-state index in [9.17, 15) is 18.3 Å². The Morgan fingerprint density at radius 2 is 1.83 bits per heavy atom. The molecule has 0 aromatic heterocycles. The van der Waals surface area contributed by atoms with Gasteiger partial charge in [-0.1, -0.05) is 25.4 Å². The Hall–Kier alpha value is -0.740. The van der Waals surface area contributed by atoms with E-state index in [0.29, 0.717) is 12.0 Å². The Bertz CT molecular complexity index is 482. The number of aliphatic hydroxyl groups excluding tert-OH is 1. The summed E-state index contributed by atoms with van der Waals surface area (Å²) in [6, 6.07) is 3.52. The first kappa shape index (κ1) is 13.7. The van der Waals surface area contributed by atoms with Crippen molar-refractivity contribution in [1.29, 1.82) is 0 Å². The van der Waals surface area contributed by atoms with Gasteiger partial charge in [0.1, 0.15) is 0 Å². The van der Waals surface area contributed by atoms with Gasteiger partial charge in [0.05, 0.1) is 12.2 Å². The Labute approximate surface area is 109 Å². The van der Waals surface area contributed by atoms with Crippen molar-refractivity contribution in [3.8, 4) is 0 Å². The smallest absolute Gasteiger partial charge is 0.395 e. The summed E-state index contributed by atoms with van der Waals surface area (Å²) in [4.78, 5) is 0. The van der Waals surface area contributed by atoms with Crippen LogP contribution in [0.25, 0.3) is 0 Å². The van der Waals surface area contributed by atoms with Gasteiger partial charge in [-0.3, -0.25) is 0 Å². The SMILES string of the molecule is CC1(C)CC1(CO)c1cc(Cl)cc(C(F)(F)F)c1. The molecule has 1 aliphatic carbocycles. The van der Waals surface area contributed by atoms with E-state index in [1.165, 1.54) is 6.07 Å². The minimum absolute atomic E-state index is 0.0513. The zero-order valence-corrected chi connectivity index (χ0v) is 10.9. The molecule has 18 heavy (non-hydrogen) atoms. The van der Waals surface area contributed by atoms with Crippen LogP contribution in [0.3, 0.4) is 0 Å². The molecule has 0 aliphatic heterocycles. The average molecular weight is 279 g/mol. The second kappa shape index (κ2) is 3.87. The Morgan fingerprint density at radius 3 is 2.22 bits per heavy atom. The molecule has 2 rings (SSSR count). The van der Waals surface area contributed by atoms with E-state index in [1.54, 1.807) is 0 Å². The molecule has 1 saturated carbocycles. The van der Waals surface area contributed by atoms with Crippen LogP contribution in [0.4, 0.5) is 13.2 Å². The summed E-state index contributed by atoms with van der Waals surface area (Å²) < 4.78 is 38.2. The number of benzene rings is 1. The van der Waals surface area contributed by atoms with Crippen molar-refractivity contribution in [3.05, 3.63) is 34.3 Å². The second-order valence-electron chi connectivity index (χ2n) is 5.53. The lowest BCUT2D eigenvalue weighted by Crippen LogP contribution is -2.20. The molecule has 1 atom stereocenters. The highest BCUT2D eigenvalue weighted by atomic mass is 35.5. The summed E-state index contributed by atoms with van der Waals surface area (Å²) in [6.07, 6.45) is -3.76. The van der Waals surface area contributed by atoms with E-state index >= 15 is 0 Å². The first-order valence-corrected chi connectivity index (χ1v) is 5.99. The second-order valence-corrected chi connectivity index (χ2v) is 5.96. The topological polar surface area (TPSA) is 20.2 Å². The molecule has 1 N–H and O–H groups in total. The zero-order valence-electron chi connectivity index (χ0n) is 10.1. The van der Waals surface area contributed by atoms with Gasteiger partial charge in [0.15, 0.2) is 0 Å². The molecule has 0 bridgehead atoms. The summed E-state index contributed by atoms with van der Waals surface area (Å²) in [5.41, 5.74) is -1.09. The van der Waals surface area contributed by atoms with Crippen LogP contribution in [-0.2, 0) is 11.6 Å². The molecule has 1 aromatic carbocycles. The van der Waals surface area contributed by atoms with Crippen LogP contribution in [0.1, 0.15) is 31.4 Å². The van der Waals surface area contributed by atoms with Crippen molar-refractivity contribution in [2.75, 3.05) is 6.61 Å². The van der Waals surface area contributed by atoms with Gasteiger partial charge < -0.3 is 5.11 Å². The third-order valence-electron chi connectivity index (χ3n) is 3.96. The maximum atomic E-state index is 12.7. The van der Waals surface area contributed by atoms with E-state index < -0.39 is 17.2 Å². The highest BCUT2D eigenvalue weighted by molar-refractivity contribution is 6.30. The third kappa shape index (κ3) is 2.01.